The highest BCUT2D eigenvalue weighted by Gasteiger charge is 2.34. The lowest BCUT2D eigenvalue weighted by Crippen LogP contribution is -2.30. The standard InChI is InChI=1S/C22H20F3N3O3/c1-2-30-16-9-7-15(8-10-16)19-11-12-20(28-27-19)31-14-13-26-21(29)17-5-3-4-6-18(17)22(23,24)25/h3-12H,2,13-14H2,1H3,(H,26,29). The highest BCUT2D eigenvalue weighted by Crippen LogP contribution is 2.31. The van der Waals surface area contributed by atoms with Crippen molar-refractivity contribution in [3.8, 4) is 22.9 Å². The molecule has 3 rings (SSSR count). The van der Waals surface area contributed by atoms with Gasteiger partial charge in [-0.15, -0.1) is 10.2 Å². The van der Waals surface area contributed by atoms with Gasteiger partial charge in [-0.3, -0.25) is 4.79 Å². The van der Waals surface area contributed by atoms with Crippen molar-refractivity contribution in [1.82, 2.24) is 15.5 Å². The van der Waals surface area contributed by atoms with Gasteiger partial charge in [0.05, 0.1) is 30.0 Å². The number of rotatable bonds is 8. The maximum absolute atomic E-state index is 13.0. The van der Waals surface area contributed by atoms with Crippen LogP contribution < -0.4 is 14.8 Å². The molecule has 1 heterocycles. The van der Waals surface area contributed by atoms with E-state index in [0.717, 1.165) is 23.4 Å². The van der Waals surface area contributed by atoms with E-state index in [1.54, 1.807) is 12.1 Å². The number of aromatic nitrogens is 2. The third-order valence-electron chi connectivity index (χ3n) is 4.22. The van der Waals surface area contributed by atoms with Crippen molar-refractivity contribution in [2.24, 2.45) is 0 Å². The van der Waals surface area contributed by atoms with Crippen LogP contribution >= 0.6 is 0 Å². The van der Waals surface area contributed by atoms with Crippen LogP contribution in [0.4, 0.5) is 13.2 Å². The Hall–Kier alpha value is -3.62. The van der Waals surface area contributed by atoms with Crippen molar-refractivity contribution >= 4 is 5.91 Å². The van der Waals surface area contributed by atoms with Crippen molar-refractivity contribution in [2.75, 3.05) is 19.8 Å². The van der Waals surface area contributed by atoms with Crippen LogP contribution in [0.25, 0.3) is 11.3 Å². The van der Waals surface area contributed by atoms with Crippen molar-refractivity contribution in [3.63, 3.8) is 0 Å². The molecule has 1 aromatic heterocycles. The number of carbonyl (C=O) groups excluding carboxylic acids is 1. The molecule has 1 amide bonds. The molecule has 0 saturated heterocycles. The average Bonchev–Trinajstić information content (AvgIpc) is 2.77. The van der Waals surface area contributed by atoms with Gasteiger partial charge in [0.15, 0.2) is 0 Å². The minimum atomic E-state index is -4.61. The van der Waals surface area contributed by atoms with Gasteiger partial charge in [-0.2, -0.15) is 13.2 Å². The summed E-state index contributed by atoms with van der Waals surface area (Å²) in [5, 5.41) is 10.5. The second-order valence-corrected chi connectivity index (χ2v) is 6.36. The molecule has 9 heteroatoms. The number of hydrogen-bond acceptors (Lipinski definition) is 5. The van der Waals surface area contributed by atoms with Crippen LogP contribution in [0.3, 0.4) is 0 Å². The lowest BCUT2D eigenvalue weighted by molar-refractivity contribution is -0.137. The van der Waals surface area contributed by atoms with E-state index in [9.17, 15) is 18.0 Å². The fourth-order valence-corrected chi connectivity index (χ4v) is 2.78. The van der Waals surface area contributed by atoms with E-state index in [0.29, 0.717) is 12.3 Å². The topological polar surface area (TPSA) is 73.3 Å². The monoisotopic (exact) mass is 431 g/mol. The molecule has 3 aromatic rings. The zero-order chi connectivity index (χ0) is 22.3. The lowest BCUT2D eigenvalue weighted by atomic mass is 10.1. The van der Waals surface area contributed by atoms with Gasteiger partial charge in [0.25, 0.3) is 5.91 Å². The van der Waals surface area contributed by atoms with Crippen molar-refractivity contribution in [1.29, 1.82) is 0 Å². The quantitative estimate of drug-likeness (QED) is 0.536. The SMILES string of the molecule is CCOc1ccc(-c2ccc(OCCNC(=O)c3ccccc3C(F)(F)F)nn2)cc1. The Morgan fingerprint density at radius 2 is 1.71 bits per heavy atom. The maximum Gasteiger partial charge on any atom is 0.417 e. The fraction of sp³-hybridized carbons (Fsp3) is 0.227. The molecule has 6 nitrogen and oxygen atoms in total. The Morgan fingerprint density at radius 1 is 0.968 bits per heavy atom. The number of hydrogen-bond donors (Lipinski definition) is 1. The van der Waals surface area contributed by atoms with E-state index in [-0.39, 0.29) is 19.0 Å². The minimum absolute atomic E-state index is 0.00729. The fourth-order valence-electron chi connectivity index (χ4n) is 2.78. The average molecular weight is 431 g/mol. The second kappa shape index (κ2) is 9.92. The van der Waals surface area contributed by atoms with Gasteiger partial charge in [0.2, 0.25) is 5.88 Å². The minimum Gasteiger partial charge on any atom is -0.494 e. The predicted molar refractivity (Wildman–Crippen MR) is 108 cm³/mol. The highest BCUT2D eigenvalue weighted by molar-refractivity contribution is 5.95. The molecule has 0 unspecified atom stereocenters. The normalized spacial score (nSPS) is 11.1. The van der Waals surface area contributed by atoms with Gasteiger partial charge in [0.1, 0.15) is 12.4 Å². The first-order valence-corrected chi connectivity index (χ1v) is 9.52. The lowest BCUT2D eigenvalue weighted by Gasteiger charge is -2.12. The van der Waals surface area contributed by atoms with E-state index in [1.807, 2.05) is 31.2 Å². The summed E-state index contributed by atoms with van der Waals surface area (Å²) in [6.07, 6.45) is -4.61. The molecule has 31 heavy (non-hydrogen) atoms. The van der Waals surface area contributed by atoms with E-state index < -0.39 is 23.2 Å². The number of alkyl halides is 3. The summed E-state index contributed by atoms with van der Waals surface area (Å²) < 4.78 is 49.8. The summed E-state index contributed by atoms with van der Waals surface area (Å²) >= 11 is 0. The van der Waals surface area contributed by atoms with Gasteiger partial charge in [-0.1, -0.05) is 12.1 Å². The molecule has 0 radical (unpaired) electrons. The van der Waals surface area contributed by atoms with Crippen molar-refractivity contribution < 1.29 is 27.4 Å². The Bertz CT molecular complexity index is 1010. The molecule has 0 atom stereocenters. The van der Waals surface area contributed by atoms with E-state index in [2.05, 4.69) is 15.5 Å². The zero-order valence-electron chi connectivity index (χ0n) is 16.6. The summed E-state index contributed by atoms with van der Waals surface area (Å²) in [4.78, 5) is 12.1. The molecule has 2 aromatic carbocycles. The largest absolute Gasteiger partial charge is 0.494 e. The van der Waals surface area contributed by atoms with Gasteiger partial charge >= 0.3 is 6.18 Å². The third-order valence-corrected chi connectivity index (χ3v) is 4.22. The highest BCUT2D eigenvalue weighted by atomic mass is 19.4. The van der Waals surface area contributed by atoms with Gasteiger partial charge in [-0.25, -0.2) is 0 Å². The van der Waals surface area contributed by atoms with Gasteiger partial charge in [0, 0.05) is 11.6 Å². The first-order valence-electron chi connectivity index (χ1n) is 9.52. The summed E-state index contributed by atoms with van der Waals surface area (Å²) in [6.45, 7) is 2.52. The maximum atomic E-state index is 13.0. The van der Waals surface area contributed by atoms with Gasteiger partial charge in [-0.05, 0) is 49.4 Å². The molecule has 0 aliphatic rings. The second-order valence-electron chi connectivity index (χ2n) is 6.36. The number of halogens is 3. The van der Waals surface area contributed by atoms with Crippen LogP contribution in [0.15, 0.2) is 60.7 Å². The molecule has 0 spiro atoms. The summed E-state index contributed by atoms with van der Waals surface area (Å²) in [7, 11) is 0. The van der Waals surface area contributed by atoms with Crippen molar-refractivity contribution in [3.05, 3.63) is 71.8 Å². The molecule has 0 fully saturated rings. The number of benzene rings is 2. The molecule has 0 aliphatic heterocycles. The summed E-state index contributed by atoms with van der Waals surface area (Å²) in [5.74, 6) is 0.173. The molecule has 162 valence electrons. The number of carbonyl (C=O) groups is 1. The van der Waals surface area contributed by atoms with E-state index in [4.69, 9.17) is 9.47 Å². The number of nitrogens with zero attached hydrogens (tertiary/aromatic N) is 2. The Balaban J connectivity index is 1.51. The van der Waals surface area contributed by atoms with E-state index in [1.165, 1.54) is 12.1 Å². The first kappa shape index (κ1) is 22.1. The summed E-state index contributed by atoms with van der Waals surface area (Å²) in [5.41, 5.74) is 0.0872. The molecular formula is C22H20F3N3O3. The molecule has 1 N–H and O–H groups in total. The molecular weight excluding hydrogens is 411 g/mol. The molecule has 0 bridgehead atoms. The molecule has 0 aliphatic carbocycles. The number of amides is 1. The smallest absolute Gasteiger partial charge is 0.417 e. The van der Waals surface area contributed by atoms with Crippen LogP contribution in [-0.4, -0.2) is 35.9 Å². The van der Waals surface area contributed by atoms with Crippen molar-refractivity contribution in [2.45, 2.75) is 13.1 Å². The van der Waals surface area contributed by atoms with Crippen LogP contribution in [0.5, 0.6) is 11.6 Å². The van der Waals surface area contributed by atoms with Gasteiger partial charge < -0.3 is 14.8 Å². The number of ether oxygens (including phenoxy) is 2. The summed E-state index contributed by atoms with van der Waals surface area (Å²) in [6, 6.07) is 15.4. The Labute approximate surface area is 177 Å². The van der Waals surface area contributed by atoms with Crippen LogP contribution in [0, 0.1) is 0 Å². The molecule has 0 saturated carbocycles. The first-order chi connectivity index (χ1) is 14.9. The van der Waals surface area contributed by atoms with E-state index >= 15 is 0 Å². The third kappa shape index (κ3) is 5.94. The Kier molecular flexibility index (Phi) is 7.07. The number of nitrogens with one attached hydrogen (secondary N) is 1. The van der Waals surface area contributed by atoms with Crippen LogP contribution in [0.1, 0.15) is 22.8 Å². The predicted octanol–water partition coefficient (Wildman–Crippen LogP) is 4.37. The Morgan fingerprint density at radius 3 is 2.35 bits per heavy atom. The van der Waals surface area contributed by atoms with Crippen LogP contribution in [0.2, 0.25) is 0 Å². The van der Waals surface area contributed by atoms with Crippen LogP contribution in [-0.2, 0) is 6.18 Å². The zero-order valence-corrected chi connectivity index (χ0v) is 16.6.